The monoisotopic (exact) mass is 303 g/mol. The van der Waals surface area contributed by atoms with Crippen molar-refractivity contribution < 1.29 is 4.74 Å². The lowest BCUT2D eigenvalue weighted by Gasteiger charge is -2.31. The van der Waals surface area contributed by atoms with Crippen molar-refractivity contribution in [3.05, 3.63) is 36.2 Å². The van der Waals surface area contributed by atoms with Crippen LogP contribution in [0.15, 0.2) is 24.7 Å². The summed E-state index contributed by atoms with van der Waals surface area (Å²) in [4.78, 5) is 4.47. The number of rotatable bonds is 6. The van der Waals surface area contributed by atoms with E-state index in [2.05, 4.69) is 26.0 Å². The molecule has 22 heavy (non-hydrogen) atoms. The highest BCUT2D eigenvalue weighted by Gasteiger charge is 2.29. The van der Waals surface area contributed by atoms with Crippen LogP contribution in [-0.4, -0.2) is 39.0 Å². The first-order chi connectivity index (χ1) is 10.7. The van der Waals surface area contributed by atoms with Crippen molar-refractivity contribution in [1.29, 1.82) is 0 Å². The Bertz CT molecular complexity index is 591. The molecule has 0 aliphatic carbocycles. The van der Waals surface area contributed by atoms with Crippen LogP contribution in [0, 0.1) is 5.92 Å². The fourth-order valence-electron chi connectivity index (χ4n) is 3.09. The average Bonchev–Trinajstić information content (AvgIpc) is 3.13. The normalized spacial score (nSPS) is 22.1. The molecule has 0 unspecified atom stereocenters. The molecule has 2 atom stereocenters. The molecule has 120 valence electrons. The third-order valence-electron chi connectivity index (χ3n) is 4.29. The first kappa shape index (κ1) is 15.2. The van der Waals surface area contributed by atoms with Crippen LogP contribution >= 0.6 is 0 Å². The van der Waals surface area contributed by atoms with Gasteiger partial charge in [-0.25, -0.2) is 4.98 Å². The van der Waals surface area contributed by atoms with Gasteiger partial charge in [-0.2, -0.15) is 5.10 Å². The maximum absolute atomic E-state index is 6.00. The Hall–Kier alpha value is -1.66. The van der Waals surface area contributed by atoms with E-state index in [-0.39, 0.29) is 6.10 Å². The molecule has 3 heterocycles. The zero-order valence-corrected chi connectivity index (χ0v) is 13.4. The molecule has 0 radical (unpaired) electrons. The number of hydrogen-bond acceptors (Lipinski definition) is 4. The minimum absolute atomic E-state index is 0.108. The van der Waals surface area contributed by atoms with Gasteiger partial charge in [0.1, 0.15) is 11.9 Å². The first-order valence-electron chi connectivity index (χ1n) is 8.02. The minimum atomic E-state index is 0.108. The van der Waals surface area contributed by atoms with E-state index in [0.717, 1.165) is 44.1 Å². The average molecular weight is 303 g/mol. The van der Waals surface area contributed by atoms with Crippen molar-refractivity contribution in [2.75, 3.05) is 19.7 Å². The Labute approximate surface area is 131 Å². The molecule has 0 bridgehead atoms. The largest absolute Gasteiger partial charge is 0.370 e. The van der Waals surface area contributed by atoms with E-state index in [0.29, 0.717) is 5.92 Å². The standard InChI is InChI=1S/C16H25N5O/c1-20-10-8-18-16(20)15-13(4-3-11-22-15)12-17-7-5-14-6-9-21(2)19-14/h6,8-10,13,15,17H,3-5,7,11-12H2,1-2H3/t13-,15+/m0/s1. The van der Waals surface area contributed by atoms with Crippen LogP contribution in [-0.2, 0) is 25.3 Å². The summed E-state index contributed by atoms with van der Waals surface area (Å²) < 4.78 is 9.91. The lowest BCUT2D eigenvalue weighted by atomic mass is 9.93. The van der Waals surface area contributed by atoms with E-state index in [9.17, 15) is 0 Å². The molecule has 1 N–H and O–H groups in total. The van der Waals surface area contributed by atoms with Crippen molar-refractivity contribution in [1.82, 2.24) is 24.6 Å². The van der Waals surface area contributed by atoms with Crippen LogP contribution in [0.1, 0.15) is 30.5 Å². The van der Waals surface area contributed by atoms with Gasteiger partial charge in [0.25, 0.3) is 0 Å². The van der Waals surface area contributed by atoms with Gasteiger partial charge < -0.3 is 14.6 Å². The molecule has 1 saturated heterocycles. The Balaban J connectivity index is 1.50. The van der Waals surface area contributed by atoms with Gasteiger partial charge in [0.15, 0.2) is 0 Å². The van der Waals surface area contributed by atoms with E-state index in [4.69, 9.17) is 4.74 Å². The van der Waals surface area contributed by atoms with Crippen LogP contribution < -0.4 is 5.32 Å². The van der Waals surface area contributed by atoms with E-state index in [1.54, 1.807) is 0 Å². The predicted octanol–water partition coefficient (Wildman–Crippen LogP) is 1.45. The highest BCUT2D eigenvalue weighted by atomic mass is 16.5. The lowest BCUT2D eigenvalue weighted by molar-refractivity contribution is -0.0342. The van der Waals surface area contributed by atoms with Gasteiger partial charge in [-0.05, 0) is 18.9 Å². The van der Waals surface area contributed by atoms with E-state index >= 15 is 0 Å². The highest BCUT2D eigenvalue weighted by Crippen LogP contribution is 2.31. The summed E-state index contributed by atoms with van der Waals surface area (Å²) in [6.45, 7) is 2.74. The number of nitrogens with one attached hydrogen (secondary N) is 1. The van der Waals surface area contributed by atoms with E-state index in [1.807, 2.05) is 37.4 Å². The number of aryl methyl sites for hydroxylation is 2. The van der Waals surface area contributed by atoms with Crippen LogP contribution in [0.25, 0.3) is 0 Å². The number of aromatic nitrogens is 4. The van der Waals surface area contributed by atoms with Gasteiger partial charge in [-0.3, -0.25) is 4.68 Å². The van der Waals surface area contributed by atoms with Crippen LogP contribution in [0.4, 0.5) is 0 Å². The fourth-order valence-corrected chi connectivity index (χ4v) is 3.09. The van der Waals surface area contributed by atoms with Crippen molar-refractivity contribution in [3.63, 3.8) is 0 Å². The highest BCUT2D eigenvalue weighted by molar-refractivity contribution is 5.01. The second-order valence-electron chi connectivity index (χ2n) is 6.02. The second kappa shape index (κ2) is 7.07. The van der Waals surface area contributed by atoms with E-state index in [1.165, 1.54) is 6.42 Å². The zero-order valence-electron chi connectivity index (χ0n) is 13.4. The van der Waals surface area contributed by atoms with Gasteiger partial charge in [-0.15, -0.1) is 0 Å². The van der Waals surface area contributed by atoms with Gasteiger partial charge in [0, 0.05) is 64.7 Å². The molecular formula is C16H25N5O. The van der Waals surface area contributed by atoms with Gasteiger partial charge in [0.2, 0.25) is 0 Å². The summed E-state index contributed by atoms with van der Waals surface area (Å²) in [5.41, 5.74) is 1.13. The maximum Gasteiger partial charge on any atom is 0.137 e. The molecule has 0 aromatic carbocycles. The summed E-state index contributed by atoms with van der Waals surface area (Å²) in [6.07, 6.45) is 9.21. The first-order valence-corrected chi connectivity index (χ1v) is 8.02. The number of nitrogens with zero attached hydrogens (tertiary/aromatic N) is 4. The number of hydrogen-bond donors (Lipinski definition) is 1. The second-order valence-corrected chi connectivity index (χ2v) is 6.02. The molecule has 6 heteroatoms. The topological polar surface area (TPSA) is 56.9 Å². The summed E-state index contributed by atoms with van der Waals surface area (Å²) in [5, 5.41) is 7.96. The third-order valence-corrected chi connectivity index (χ3v) is 4.29. The third kappa shape index (κ3) is 3.56. The van der Waals surface area contributed by atoms with Crippen LogP contribution in [0.5, 0.6) is 0 Å². The smallest absolute Gasteiger partial charge is 0.137 e. The summed E-state index contributed by atoms with van der Waals surface area (Å²) in [6, 6.07) is 2.07. The molecule has 1 aliphatic heterocycles. The molecule has 2 aromatic rings. The van der Waals surface area contributed by atoms with Crippen molar-refractivity contribution in [3.8, 4) is 0 Å². The molecule has 6 nitrogen and oxygen atoms in total. The lowest BCUT2D eigenvalue weighted by Crippen LogP contribution is -2.34. The van der Waals surface area contributed by atoms with E-state index < -0.39 is 0 Å². The number of ether oxygens (including phenoxy) is 1. The molecule has 1 aliphatic rings. The van der Waals surface area contributed by atoms with Crippen LogP contribution in [0.2, 0.25) is 0 Å². The molecule has 3 rings (SSSR count). The summed E-state index contributed by atoms with van der Waals surface area (Å²) in [7, 11) is 3.99. The SMILES string of the molecule is Cn1ccc(CCNC[C@@H]2CCCO[C@H]2c2nccn2C)n1. The number of imidazole rings is 1. The zero-order chi connectivity index (χ0) is 15.4. The predicted molar refractivity (Wildman–Crippen MR) is 84.4 cm³/mol. The molecule has 1 fully saturated rings. The van der Waals surface area contributed by atoms with Gasteiger partial charge in [0.05, 0.1) is 5.69 Å². The summed E-state index contributed by atoms with van der Waals surface area (Å²) >= 11 is 0. The molecule has 2 aromatic heterocycles. The molecule has 0 spiro atoms. The van der Waals surface area contributed by atoms with Crippen molar-refractivity contribution >= 4 is 0 Å². The molecule has 0 amide bonds. The Kier molecular flexibility index (Phi) is 4.90. The molecule has 0 saturated carbocycles. The van der Waals surface area contributed by atoms with Crippen molar-refractivity contribution in [2.24, 2.45) is 20.0 Å². The molecular weight excluding hydrogens is 278 g/mol. The van der Waals surface area contributed by atoms with Gasteiger partial charge in [-0.1, -0.05) is 0 Å². The van der Waals surface area contributed by atoms with Crippen molar-refractivity contribution in [2.45, 2.75) is 25.4 Å². The fraction of sp³-hybridized carbons (Fsp3) is 0.625. The Morgan fingerprint density at radius 1 is 1.36 bits per heavy atom. The summed E-state index contributed by atoms with van der Waals surface area (Å²) in [5.74, 6) is 1.52. The van der Waals surface area contributed by atoms with Crippen LogP contribution in [0.3, 0.4) is 0 Å². The Morgan fingerprint density at radius 3 is 3.00 bits per heavy atom. The minimum Gasteiger partial charge on any atom is -0.370 e. The maximum atomic E-state index is 6.00. The quantitative estimate of drug-likeness (QED) is 0.821. The van der Waals surface area contributed by atoms with Gasteiger partial charge >= 0.3 is 0 Å². The Morgan fingerprint density at radius 2 is 2.27 bits per heavy atom.